The number of nitrogens with one attached hydrogen (secondary N) is 1. The fraction of sp³-hybridized carbons (Fsp3) is 0.172. The number of para-hydroxylation sites is 1. The number of aromatic nitrogens is 2. The quantitative estimate of drug-likeness (QED) is 0.325. The lowest BCUT2D eigenvalue weighted by Crippen LogP contribution is -2.30. The van der Waals surface area contributed by atoms with Crippen molar-refractivity contribution in [2.24, 2.45) is 0 Å². The lowest BCUT2D eigenvalue weighted by molar-refractivity contribution is -0.119. The van der Waals surface area contributed by atoms with Crippen LogP contribution in [-0.4, -0.2) is 46.9 Å². The third-order valence-electron chi connectivity index (χ3n) is 6.57. The Bertz CT molecular complexity index is 1660. The van der Waals surface area contributed by atoms with Gasteiger partial charge in [0.1, 0.15) is 0 Å². The molecule has 0 atom stereocenters. The second-order valence-corrected chi connectivity index (χ2v) is 10.00. The van der Waals surface area contributed by atoms with Crippen LogP contribution in [0.15, 0.2) is 72.1 Å². The minimum Gasteiger partial charge on any atom is -0.452 e. The average molecular weight is 509 g/mol. The number of esters is 1. The van der Waals surface area contributed by atoms with E-state index in [0.717, 1.165) is 57.2 Å². The second kappa shape index (κ2) is 9.72. The van der Waals surface area contributed by atoms with Crippen LogP contribution in [0.1, 0.15) is 21.6 Å². The van der Waals surface area contributed by atoms with Gasteiger partial charge < -0.3 is 9.64 Å². The van der Waals surface area contributed by atoms with E-state index in [1.54, 1.807) is 0 Å². The Morgan fingerprint density at radius 1 is 1.03 bits per heavy atom. The van der Waals surface area contributed by atoms with Gasteiger partial charge in [-0.15, -0.1) is 11.3 Å². The van der Waals surface area contributed by atoms with E-state index in [4.69, 9.17) is 9.72 Å². The van der Waals surface area contributed by atoms with Gasteiger partial charge in [-0.1, -0.05) is 54.6 Å². The molecule has 8 heteroatoms. The first-order valence-corrected chi connectivity index (χ1v) is 12.9. The topological polar surface area (TPSA) is 84.4 Å². The minimum atomic E-state index is -0.517. The third-order valence-corrected chi connectivity index (χ3v) is 7.33. The Balaban J connectivity index is 1.16. The number of pyridine rings is 1. The maximum atomic E-state index is 13.2. The maximum absolute atomic E-state index is 13.2. The summed E-state index contributed by atoms with van der Waals surface area (Å²) in [6, 6.07) is 21.8. The highest BCUT2D eigenvalue weighted by atomic mass is 32.1. The number of thiazole rings is 1. The Labute approximate surface area is 217 Å². The zero-order chi connectivity index (χ0) is 25.4. The van der Waals surface area contributed by atoms with Gasteiger partial charge in [0, 0.05) is 47.1 Å². The third kappa shape index (κ3) is 4.69. The smallest absolute Gasteiger partial charge is 0.339 e. The van der Waals surface area contributed by atoms with E-state index in [1.807, 2.05) is 54.9 Å². The lowest BCUT2D eigenvalue weighted by atomic mass is 9.96. The first-order valence-electron chi connectivity index (χ1n) is 12.1. The highest BCUT2D eigenvalue weighted by Gasteiger charge is 2.26. The normalized spacial score (nSPS) is 13.4. The van der Waals surface area contributed by atoms with E-state index in [1.165, 1.54) is 11.3 Å². The van der Waals surface area contributed by atoms with Gasteiger partial charge in [-0.3, -0.25) is 15.1 Å². The summed E-state index contributed by atoms with van der Waals surface area (Å²) in [5.74, 6) is -0.951. The molecule has 5 aromatic rings. The first-order chi connectivity index (χ1) is 18.0. The summed E-state index contributed by atoms with van der Waals surface area (Å²) in [4.78, 5) is 37.3. The molecule has 2 aromatic heterocycles. The summed E-state index contributed by atoms with van der Waals surface area (Å²) >= 11 is 1.33. The summed E-state index contributed by atoms with van der Waals surface area (Å²) in [6.45, 7) is 1.09. The monoisotopic (exact) mass is 508 g/mol. The molecule has 3 aromatic carbocycles. The molecule has 1 aliphatic rings. The van der Waals surface area contributed by atoms with E-state index in [2.05, 4.69) is 39.5 Å². The summed E-state index contributed by atoms with van der Waals surface area (Å²) in [5, 5.41) is 8.13. The number of amides is 1. The number of rotatable bonds is 5. The number of benzene rings is 3. The van der Waals surface area contributed by atoms with Crippen molar-refractivity contribution < 1.29 is 14.3 Å². The number of ether oxygens (including phenoxy) is 1. The summed E-state index contributed by atoms with van der Waals surface area (Å²) in [5.41, 5.74) is 4.79. The summed E-state index contributed by atoms with van der Waals surface area (Å²) < 4.78 is 5.49. The van der Waals surface area contributed by atoms with Gasteiger partial charge in [-0.05, 0) is 30.0 Å². The molecule has 3 heterocycles. The number of carbonyl (C=O) groups is 2. The molecule has 0 radical (unpaired) electrons. The molecule has 0 spiro atoms. The van der Waals surface area contributed by atoms with Crippen LogP contribution in [0.2, 0.25) is 0 Å². The predicted molar refractivity (Wildman–Crippen MR) is 146 cm³/mol. The SMILES string of the molecule is CN1CCc2nc3ccccc3c(C(=O)OCC(=O)Nc3nc(-c4ccc5ccccc5c4)cs3)c2C1. The predicted octanol–water partition coefficient (Wildman–Crippen LogP) is 5.29. The molecule has 1 N–H and O–H groups in total. The van der Waals surface area contributed by atoms with Crippen LogP contribution in [-0.2, 0) is 22.5 Å². The highest BCUT2D eigenvalue weighted by Crippen LogP contribution is 2.29. The van der Waals surface area contributed by atoms with E-state index < -0.39 is 18.5 Å². The Kier molecular flexibility index (Phi) is 6.12. The number of hydrogen-bond donors (Lipinski definition) is 1. The zero-order valence-electron chi connectivity index (χ0n) is 20.2. The van der Waals surface area contributed by atoms with Crippen LogP contribution >= 0.6 is 11.3 Å². The van der Waals surface area contributed by atoms with Crippen molar-refractivity contribution in [2.75, 3.05) is 25.5 Å². The Morgan fingerprint density at radius 3 is 2.73 bits per heavy atom. The molecule has 1 aliphatic heterocycles. The maximum Gasteiger partial charge on any atom is 0.339 e. The van der Waals surface area contributed by atoms with Gasteiger partial charge in [-0.25, -0.2) is 9.78 Å². The van der Waals surface area contributed by atoms with Crippen molar-refractivity contribution in [3.05, 3.63) is 88.9 Å². The Hall–Kier alpha value is -4.14. The number of fused-ring (bicyclic) bond motifs is 3. The standard InChI is InChI=1S/C29H24N4O3S/c1-33-13-12-24-22(15-33)27(21-8-4-5-9-23(21)30-24)28(35)36-16-26(34)32-29-31-25(17-37-29)20-11-10-18-6-2-3-7-19(18)14-20/h2-11,14,17H,12-13,15-16H2,1H3,(H,31,32,34). The van der Waals surface area contributed by atoms with Crippen molar-refractivity contribution >= 4 is 50.0 Å². The van der Waals surface area contributed by atoms with Crippen LogP contribution in [0.25, 0.3) is 32.9 Å². The van der Waals surface area contributed by atoms with Gasteiger partial charge in [0.05, 0.1) is 16.8 Å². The zero-order valence-corrected chi connectivity index (χ0v) is 21.0. The van der Waals surface area contributed by atoms with Crippen molar-refractivity contribution in [3.63, 3.8) is 0 Å². The first kappa shape index (κ1) is 23.3. The molecule has 0 saturated carbocycles. The van der Waals surface area contributed by atoms with Gasteiger partial charge in [-0.2, -0.15) is 0 Å². The largest absolute Gasteiger partial charge is 0.452 e. The second-order valence-electron chi connectivity index (χ2n) is 9.14. The van der Waals surface area contributed by atoms with Crippen molar-refractivity contribution in [3.8, 4) is 11.3 Å². The Morgan fingerprint density at radius 2 is 1.84 bits per heavy atom. The van der Waals surface area contributed by atoms with E-state index >= 15 is 0 Å². The van der Waals surface area contributed by atoms with Crippen molar-refractivity contribution in [1.29, 1.82) is 0 Å². The minimum absolute atomic E-state index is 0.398. The van der Waals surface area contributed by atoms with E-state index in [9.17, 15) is 9.59 Å². The lowest BCUT2D eigenvalue weighted by Gasteiger charge is -2.26. The van der Waals surface area contributed by atoms with Crippen LogP contribution in [0.3, 0.4) is 0 Å². The molecule has 184 valence electrons. The molecule has 0 unspecified atom stereocenters. The van der Waals surface area contributed by atoms with E-state index in [0.29, 0.717) is 17.2 Å². The van der Waals surface area contributed by atoms with Gasteiger partial charge in [0.15, 0.2) is 11.7 Å². The molecule has 37 heavy (non-hydrogen) atoms. The van der Waals surface area contributed by atoms with Crippen LogP contribution in [0.4, 0.5) is 5.13 Å². The molecule has 0 fully saturated rings. The molecule has 0 aliphatic carbocycles. The van der Waals surface area contributed by atoms with Gasteiger partial charge in [0.25, 0.3) is 5.91 Å². The number of hydrogen-bond acceptors (Lipinski definition) is 7. The number of anilines is 1. The molecule has 0 saturated heterocycles. The fourth-order valence-corrected chi connectivity index (χ4v) is 5.47. The number of nitrogens with zero attached hydrogens (tertiary/aromatic N) is 3. The highest BCUT2D eigenvalue weighted by molar-refractivity contribution is 7.14. The van der Waals surface area contributed by atoms with Gasteiger partial charge in [0.2, 0.25) is 0 Å². The van der Waals surface area contributed by atoms with Crippen LogP contribution in [0.5, 0.6) is 0 Å². The van der Waals surface area contributed by atoms with E-state index in [-0.39, 0.29) is 0 Å². The average Bonchev–Trinajstić information content (AvgIpc) is 3.38. The molecular weight excluding hydrogens is 484 g/mol. The van der Waals surface area contributed by atoms with Crippen molar-refractivity contribution in [1.82, 2.24) is 14.9 Å². The van der Waals surface area contributed by atoms with Crippen LogP contribution in [0, 0.1) is 0 Å². The van der Waals surface area contributed by atoms with Crippen molar-refractivity contribution in [2.45, 2.75) is 13.0 Å². The molecule has 1 amide bonds. The molecule has 6 rings (SSSR count). The molecule has 0 bridgehead atoms. The fourth-order valence-electron chi connectivity index (χ4n) is 4.73. The molecule has 7 nitrogen and oxygen atoms in total. The van der Waals surface area contributed by atoms with Crippen LogP contribution < -0.4 is 5.32 Å². The summed E-state index contributed by atoms with van der Waals surface area (Å²) in [7, 11) is 2.01. The summed E-state index contributed by atoms with van der Waals surface area (Å²) in [6.07, 6.45) is 0.765. The number of likely N-dealkylation sites (N-methyl/N-ethyl adjacent to an activating group) is 1. The molecular formula is C29H24N4O3S. The number of carbonyl (C=O) groups excluding carboxylic acids is 2. The van der Waals surface area contributed by atoms with Gasteiger partial charge >= 0.3 is 5.97 Å².